The quantitative estimate of drug-likeness (QED) is 0.671. The molecule has 4 heteroatoms. The fourth-order valence-corrected chi connectivity index (χ4v) is 2.90. The van der Waals surface area contributed by atoms with Crippen molar-refractivity contribution in [3.05, 3.63) is 64.4 Å². The Morgan fingerprint density at radius 2 is 1.95 bits per heavy atom. The van der Waals surface area contributed by atoms with Gasteiger partial charge in [0.05, 0.1) is 12.0 Å². The summed E-state index contributed by atoms with van der Waals surface area (Å²) in [6.45, 7) is 1.29. The van der Waals surface area contributed by atoms with Gasteiger partial charge in [0.15, 0.2) is 0 Å². The van der Waals surface area contributed by atoms with Crippen molar-refractivity contribution in [2.75, 3.05) is 6.61 Å². The average Bonchev–Trinajstić information content (AvgIpc) is 2.96. The van der Waals surface area contributed by atoms with Crippen LogP contribution >= 0.6 is 11.3 Å². The molecule has 3 aromatic rings. The second kappa shape index (κ2) is 5.92. The Morgan fingerprint density at radius 3 is 2.80 bits per heavy atom. The van der Waals surface area contributed by atoms with Gasteiger partial charge in [-0.2, -0.15) is 0 Å². The molecule has 2 heterocycles. The second-order valence-electron chi connectivity index (χ2n) is 4.53. The largest absolute Gasteiger partial charge is 0.494 e. The number of ether oxygens (including phenoxy) is 1. The Balaban J connectivity index is 1.60. The third-order valence-corrected chi connectivity index (χ3v) is 4.03. The first kappa shape index (κ1) is 12.9. The zero-order chi connectivity index (χ0) is 13.8. The van der Waals surface area contributed by atoms with Gasteiger partial charge in [0, 0.05) is 17.4 Å². The fourth-order valence-electron chi connectivity index (χ4n) is 2.12. The monoisotopic (exact) mass is 285 g/mol. The van der Waals surface area contributed by atoms with E-state index in [-0.39, 0.29) is 5.56 Å². The Bertz CT molecular complexity index is 746. The van der Waals surface area contributed by atoms with Gasteiger partial charge in [-0.25, -0.2) is 0 Å². The number of pyridine rings is 1. The summed E-state index contributed by atoms with van der Waals surface area (Å²) in [5.41, 5.74) is 0.0865. The maximum atomic E-state index is 12.2. The minimum absolute atomic E-state index is 0.0865. The van der Waals surface area contributed by atoms with Gasteiger partial charge in [-0.05, 0) is 36.1 Å². The van der Waals surface area contributed by atoms with Gasteiger partial charge in [-0.3, -0.25) is 4.79 Å². The number of aromatic nitrogens is 1. The van der Waals surface area contributed by atoms with Gasteiger partial charge in [-0.1, -0.05) is 18.2 Å². The van der Waals surface area contributed by atoms with Crippen LogP contribution < -0.4 is 10.3 Å². The van der Waals surface area contributed by atoms with E-state index >= 15 is 0 Å². The van der Waals surface area contributed by atoms with Crippen LogP contribution in [0.25, 0.3) is 10.1 Å². The summed E-state index contributed by atoms with van der Waals surface area (Å²) in [5.74, 6) is 0.869. The van der Waals surface area contributed by atoms with E-state index in [1.165, 1.54) is 0 Å². The molecule has 3 rings (SSSR count). The van der Waals surface area contributed by atoms with Crippen molar-refractivity contribution in [2.45, 2.75) is 13.0 Å². The number of aryl methyl sites for hydroxylation is 1. The Kier molecular flexibility index (Phi) is 3.83. The van der Waals surface area contributed by atoms with Crippen molar-refractivity contribution in [1.82, 2.24) is 4.57 Å². The predicted molar refractivity (Wildman–Crippen MR) is 82.6 cm³/mol. The summed E-state index contributed by atoms with van der Waals surface area (Å²) in [6, 6.07) is 13.6. The van der Waals surface area contributed by atoms with Crippen LogP contribution in [0.4, 0.5) is 0 Å². The van der Waals surface area contributed by atoms with E-state index in [0.29, 0.717) is 13.2 Å². The SMILES string of the molecule is O=c1c2ccsc2ccn1CCCOc1ccccc1. The highest BCUT2D eigenvalue weighted by Gasteiger charge is 2.03. The van der Waals surface area contributed by atoms with Crippen LogP contribution in [0.3, 0.4) is 0 Å². The third-order valence-electron chi connectivity index (χ3n) is 3.15. The standard InChI is InChI=1S/C16H15NO2S/c18-16-14-8-12-20-15(14)7-10-17(16)9-4-11-19-13-5-2-1-3-6-13/h1-3,5-8,10,12H,4,9,11H2. The molecule has 0 spiro atoms. The van der Waals surface area contributed by atoms with E-state index in [4.69, 9.17) is 4.74 Å². The topological polar surface area (TPSA) is 31.2 Å². The van der Waals surface area contributed by atoms with Crippen molar-refractivity contribution in [3.8, 4) is 5.75 Å². The summed E-state index contributed by atoms with van der Waals surface area (Å²) in [6.07, 6.45) is 2.67. The molecule has 0 N–H and O–H groups in total. The molecule has 0 aliphatic rings. The fraction of sp³-hybridized carbons (Fsp3) is 0.188. The maximum absolute atomic E-state index is 12.2. The lowest BCUT2D eigenvalue weighted by molar-refractivity contribution is 0.301. The Morgan fingerprint density at radius 1 is 1.10 bits per heavy atom. The maximum Gasteiger partial charge on any atom is 0.259 e. The molecule has 0 saturated carbocycles. The first-order valence-electron chi connectivity index (χ1n) is 6.59. The van der Waals surface area contributed by atoms with Crippen LogP contribution in [0.15, 0.2) is 58.8 Å². The molecule has 0 saturated heterocycles. The normalized spacial score (nSPS) is 10.8. The zero-order valence-electron chi connectivity index (χ0n) is 11.0. The van der Waals surface area contributed by atoms with Crippen LogP contribution in [0, 0.1) is 0 Å². The van der Waals surface area contributed by atoms with E-state index in [1.807, 2.05) is 54.0 Å². The minimum atomic E-state index is 0.0865. The lowest BCUT2D eigenvalue weighted by atomic mass is 10.3. The van der Waals surface area contributed by atoms with Crippen molar-refractivity contribution in [3.63, 3.8) is 0 Å². The number of hydrogen-bond donors (Lipinski definition) is 0. The smallest absolute Gasteiger partial charge is 0.259 e. The van der Waals surface area contributed by atoms with Gasteiger partial charge >= 0.3 is 0 Å². The number of para-hydroxylation sites is 1. The molecular formula is C16H15NO2S. The molecule has 2 aromatic heterocycles. The molecule has 0 unspecified atom stereocenters. The van der Waals surface area contributed by atoms with Crippen LogP contribution in [-0.4, -0.2) is 11.2 Å². The van der Waals surface area contributed by atoms with Crippen molar-refractivity contribution < 1.29 is 4.74 Å². The van der Waals surface area contributed by atoms with Crippen molar-refractivity contribution in [1.29, 1.82) is 0 Å². The van der Waals surface area contributed by atoms with E-state index < -0.39 is 0 Å². The van der Waals surface area contributed by atoms with Crippen LogP contribution in [0.1, 0.15) is 6.42 Å². The predicted octanol–water partition coefficient (Wildman–Crippen LogP) is 3.53. The lowest BCUT2D eigenvalue weighted by Gasteiger charge is -2.07. The van der Waals surface area contributed by atoms with Gasteiger partial charge in [0.2, 0.25) is 0 Å². The molecule has 0 aliphatic carbocycles. The van der Waals surface area contributed by atoms with Crippen molar-refractivity contribution >= 4 is 21.4 Å². The number of thiophene rings is 1. The number of hydrogen-bond acceptors (Lipinski definition) is 3. The molecule has 0 radical (unpaired) electrons. The second-order valence-corrected chi connectivity index (χ2v) is 5.48. The molecule has 1 aromatic carbocycles. The number of nitrogens with zero attached hydrogens (tertiary/aromatic N) is 1. The summed E-state index contributed by atoms with van der Waals surface area (Å²) >= 11 is 1.60. The molecule has 102 valence electrons. The molecule has 0 atom stereocenters. The van der Waals surface area contributed by atoms with E-state index in [0.717, 1.165) is 22.3 Å². The number of rotatable bonds is 5. The summed E-state index contributed by atoms with van der Waals surface area (Å²) in [4.78, 5) is 12.2. The van der Waals surface area contributed by atoms with E-state index in [1.54, 1.807) is 15.9 Å². The van der Waals surface area contributed by atoms with Crippen molar-refractivity contribution in [2.24, 2.45) is 0 Å². The summed E-state index contributed by atoms with van der Waals surface area (Å²) in [7, 11) is 0. The number of fused-ring (bicyclic) bond motifs is 1. The van der Waals surface area contributed by atoms with Gasteiger partial charge in [0.25, 0.3) is 5.56 Å². The minimum Gasteiger partial charge on any atom is -0.494 e. The summed E-state index contributed by atoms with van der Waals surface area (Å²) < 4.78 is 8.43. The average molecular weight is 285 g/mol. The summed E-state index contributed by atoms with van der Waals surface area (Å²) in [5, 5.41) is 2.76. The van der Waals surface area contributed by atoms with Gasteiger partial charge < -0.3 is 9.30 Å². The highest BCUT2D eigenvalue weighted by atomic mass is 32.1. The first-order chi connectivity index (χ1) is 9.84. The number of benzene rings is 1. The third kappa shape index (κ3) is 2.75. The molecule has 0 bridgehead atoms. The molecular weight excluding hydrogens is 270 g/mol. The Hall–Kier alpha value is -2.07. The van der Waals surface area contributed by atoms with Crippen LogP contribution in [-0.2, 0) is 6.54 Å². The molecule has 3 nitrogen and oxygen atoms in total. The zero-order valence-corrected chi connectivity index (χ0v) is 11.8. The molecule has 0 aliphatic heterocycles. The highest BCUT2D eigenvalue weighted by Crippen LogP contribution is 2.16. The molecule has 0 amide bonds. The van der Waals surface area contributed by atoms with Crippen LogP contribution in [0.5, 0.6) is 5.75 Å². The van der Waals surface area contributed by atoms with E-state index in [2.05, 4.69) is 0 Å². The Labute approximate surface area is 121 Å². The van der Waals surface area contributed by atoms with Gasteiger partial charge in [-0.15, -0.1) is 11.3 Å². The van der Waals surface area contributed by atoms with Crippen LogP contribution in [0.2, 0.25) is 0 Å². The molecule has 20 heavy (non-hydrogen) atoms. The lowest BCUT2D eigenvalue weighted by Crippen LogP contribution is -2.19. The first-order valence-corrected chi connectivity index (χ1v) is 7.47. The molecule has 0 fully saturated rings. The van der Waals surface area contributed by atoms with E-state index in [9.17, 15) is 4.79 Å². The highest BCUT2D eigenvalue weighted by molar-refractivity contribution is 7.17. The van der Waals surface area contributed by atoms with Gasteiger partial charge in [0.1, 0.15) is 5.75 Å².